The van der Waals surface area contributed by atoms with Gasteiger partial charge in [-0.1, -0.05) is 6.92 Å². The van der Waals surface area contributed by atoms with Crippen LogP contribution in [0.25, 0.3) is 0 Å². The molecule has 0 bridgehead atoms. The molecule has 1 aromatic heterocycles. The molecule has 2 aliphatic rings. The fourth-order valence-corrected chi connectivity index (χ4v) is 3.62. The van der Waals surface area contributed by atoms with Crippen molar-refractivity contribution in [3.05, 3.63) is 17.5 Å². The number of nitrogens with one attached hydrogen (secondary N) is 1. The molecule has 0 spiro atoms. The fraction of sp³-hybridized carbons (Fsp3) is 0.688. The molecule has 0 saturated carbocycles. The van der Waals surface area contributed by atoms with Crippen LogP contribution in [-0.4, -0.2) is 52.2 Å². The van der Waals surface area contributed by atoms with E-state index in [-0.39, 0.29) is 23.8 Å². The third-order valence-corrected chi connectivity index (χ3v) is 4.90. The second kappa shape index (κ2) is 6.70. The quantitative estimate of drug-likeness (QED) is 0.843. The van der Waals surface area contributed by atoms with Gasteiger partial charge in [-0.05, 0) is 19.3 Å². The number of carbonyl (C=O) groups is 2. The Morgan fingerprint density at radius 1 is 1.39 bits per heavy atom. The summed E-state index contributed by atoms with van der Waals surface area (Å²) in [4.78, 5) is 26.2. The third-order valence-electron chi connectivity index (χ3n) is 4.90. The highest BCUT2D eigenvalue weighted by Gasteiger charge is 2.30. The number of fused-ring (bicyclic) bond motifs is 1. The Labute approximate surface area is 136 Å². The van der Waals surface area contributed by atoms with E-state index in [1.54, 1.807) is 6.20 Å². The van der Waals surface area contributed by atoms with E-state index >= 15 is 0 Å². The van der Waals surface area contributed by atoms with Crippen LogP contribution in [0.4, 0.5) is 0 Å². The number of hydrogen-bond acceptors (Lipinski definition) is 4. The van der Waals surface area contributed by atoms with E-state index in [2.05, 4.69) is 10.4 Å². The predicted octanol–water partition coefficient (Wildman–Crippen LogP) is 0.460. The first kappa shape index (κ1) is 16.0. The number of aryl methyl sites for hydroxylation is 1. The Morgan fingerprint density at radius 2 is 2.22 bits per heavy atom. The van der Waals surface area contributed by atoms with E-state index < -0.39 is 0 Å². The third kappa shape index (κ3) is 3.10. The van der Waals surface area contributed by atoms with Gasteiger partial charge in [-0.15, -0.1) is 0 Å². The first-order valence-corrected chi connectivity index (χ1v) is 8.48. The van der Waals surface area contributed by atoms with Crippen molar-refractivity contribution in [2.24, 2.45) is 5.73 Å². The molecule has 1 aromatic rings. The highest BCUT2D eigenvalue weighted by atomic mass is 16.2. The van der Waals surface area contributed by atoms with E-state index in [0.717, 1.165) is 38.0 Å². The highest BCUT2D eigenvalue weighted by molar-refractivity contribution is 5.95. The van der Waals surface area contributed by atoms with Gasteiger partial charge >= 0.3 is 0 Å². The molecule has 3 heterocycles. The second-order valence-electron chi connectivity index (χ2n) is 6.39. The van der Waals surface area contributed by atoms with E-state index in [0.29, 0.717) is 25.1 Å². The smallest absolute Gasteiger partial charge is 0.255 e. The van der Waals surface area contributed by atoms with Gasteiger partial charge in [0.15, 0.2) is 0 Å². The lowest BCUT2D eigenvalue weighted by atomic mass is 9.93. The van der Waals surface area contributed by atoms with E-state index in [4.69, 9.17) is 5.73 Å². The Kier molecular flexibility index (Phi) is 4.66. The van der Waals surface area contributed by atoms with Gasteiger partial charge in [0, 0.05) is 44.6 Å². The van der Waals surface area contributed by atoms with Gasteiger partial charge in [0.05, 0.1) is 17.5 Å². The molecule has 1 saturated heterocycles. The number of nitrogens with zero attached hydrogens (tertiary/aromatic N) is 3. The second-order valence-corrected chi connectivity index (χ2v) is 6.39. The maximum atomic E-state index is 12.6. The summed E-state index contributed by atoms with van der Waals surface area (Å²) < 4.78 is 1.91. The molecule has 0 aromatic carbocycles. The first-order chi connectivity index (χ1) is 11.1. The zero-order chi connectivity index (χ0) is 16.4. The Balaban J connectivity index is 1.68. The molecule has 3 N–H and O–H groups in total. The zero-order valence-electron chi connectivity index (χ0n) is 13.6. The number of hydrogen-bond donors (Lipinski definition) is 2. The molecule has 126 valence electrons. The molecule has 0 aliphatic carbocycles. The van der Waals surface area contributed by atoms with Crippen molar-refractivity contribution < 1.29 is 9.59 Å². The van der Waals surface area contributed by atoms with Gasteiger partial charge in [-0.25, -0.2) is 0 Å². The molecule has 1 fully saturated rings. The standard InChI is InChI=1S/C16H25N5O2/c1-2-14(22)20-7-5-12(10-20)19-16(23)13-9-18-21-6-3-4-11(8-17)15(13)21/h9,11-12H,2-8,10,17H2,1H3,(H,19,23). The molecular weight excluding hydrogens is 294 g/mol. The van der Waals surface area contributed by atoms with E-state index in [1.807, 2.05) is 16.5 Å². The number of rotatable bonds is 4. The van der Waals surface area contributed by atoms with Crippen LogP contribution in [0.2, 0.25) is 0 Å². The van der Waals surface area contributed by atoms with Gasteiger partial charge in [-0.2, -0.15) is 5.10 Å². The van der Waals surface area contributed by atoms with Crippen LogP contribution in [-0.2, 0) is 11.3 Å². The zero-order valence-corrected chi connectivity index (χ0v) is 13.6. The number of likely N-dealkylation sites (tertiary alicyclic amines) is 1. The van der Waals surface area contributed by atoms with E-state index in [1.165, 1.54) is 0 Å². The average molecular weight is 319 g/mol. The summed E-state index contributed by atoms with van der Waals surface area (Å²) in [6.45, 7) is 4.56. The molecule has 7 nitrogen and oxygen atoms in total. The largest absolute Gasteiger partial charge is 0.347 e. The minimum atomic E-state index is -0.0950. The Morgan fingerprint density at radius 3 is 2.96 bits per heavy atom. The Bertz CT molecular complexity index is 597. The molecule has 3 rings (SSSR count). The lowest BCUT2D eigenvalue weighted by Crippen LogP contribution is -2.39. The van der Waals surface area contributed by atoms with Crippen LogP contribution < -0.4 is 11.1 Å². The number of aromatic nitrogens is 2. The molecule has 23 heavy (non-hydrogen) atoms. The Hall–Kier alpha value is -1.89. The maximum Gasteiger partial charge on any atom is 0.255 e. The molecule has 2 amide bonds. The number of amides is 2. The summed E-state index contributed by atoms with van der Waals surface area (Å²) in [5.74, 6) is 0.254. The van der Waals surface area contributed by atoms with Gasteiger partial charge in [-0.3, -0.25) is 14.3 Å². The monoisotopic (exact) mass is 319 g/mol. The minimum absolute atomic E-state index is 0.0217. The van der Waals surface area contributed by atoms with Crippen molar-refractivity contribution in [2.75, 3.05) is 19.6 Å². The summed E-state index contributed by atoms with van der Waals surface area (Å²) >= 11 is 0. The summed E-state index contributed by atoms with van der Waals surface area (Å²) in [5.41, 5.74) is 7.47. The fourth-order valence-electron chi connectivity index (χ4n) is 3.62. The molecule has 2 unspecified atom stereocenters. The minimum Gasteiger partial charge on any atom is -0.347 e. The normalized spacial score (nSPS) is 23.7. The van der Waals surface area contributed by atoms with Gasteiger partial charge in [0.25, 0.3) is 5.91 Å². The lowest BCUT2D eigenvalue weighted by molar-refractivity contribution is -0.129. The van der Waals surface area contributed by atoms with Crippen molar-refractivity contribution in [3.63, 3.8) is 0 Å². The van der Waals surface area contributed by atoms with E-state index in [9.17, 15) is 9.59 Å². The topological polar surface area (TPSA) is 93.2 Å². The van der Waals surface area contributed by atoms with Crippen LogP contribution in [0.3, 0.4) is 0 Å². The molecule has 2 atom stereocenters. The lowest BCUT2D eigenvalue weighted by Gasteiger charge is -2.24. The van der Waals surface area contributed by atoms with Crippen molar-refractivity contribution in [3.8, 4) is 0 Å². The van der Waals surface area contributed by atoms with Gasteiger partial charge in [0.1, 0.15) is 0 Å². The number of carbonyl (C=O) groups excluding carboxylic acids is 2. The van der Waals surface area contributed by atoms with Crippen LogP contribution in [0, 0.1) is 0 Å². The van der Waals surface area contributed by atoms with Crippen molar-refractivity contribution in [2.45, 2.75) is 51.1 Å². The van der Waals surface area contributed by atoms with Crippen LogP contribution >= 0.6 is 0 Å². The van der Waals surface area contributed by atoms with Crippen molar-refractivity contribution >= 4 is 11.8 Å². The summed E-state index contributed by atoms with van der Waals surface area (Å²) in [6.07, 6.45) is 5.03. The summed E-state index contributed by atoms with van der Waals surface area (Å²) in [5, 5.41) is 7.40. The number of nitrogens with two attached hydrogens (primary N) is 1. The highest BCUT2D eigenvalue weighted by Crippen LogP contribution is 2.29. The predicted molar refractivity (Wildman–Crippen MR) is 86.0 cm³/mol. The molecule has 0 radical (unpaired) electrons. The van der Waals surface area contributed by atoms with Crippen molar-refractivity contribution in [1.82, 2.24) is 20.0 Å². The average Bonchev–Trinajstić information content (AvgIpc) is 3.20. The van der Waals surface area contributed by atoms with Crippen LogP contribution in [0.5, 0.6) is 0 Å². The van der Waals surface area contributed by atoms with Gasteiger partial charge < -0.3 is 16.0 Å². The maximum absolute atomic E-state index is 12.6. The van der Waals surface area contributed by atoms with Crippen LogP contribution in [0.1, 0.15) is 54.6 Å². The first-order valence-electron chi connectivity index (χ1n) is 8.48. The SMILES string of the molecule is CCC(=O)N1CCC(NC(=O)c2cnn3c2C(CN)CCC3)C1. The van der Waals surface area contributed by atoms with Crippen molar-refractivity contribution in [1.29, 1.82) is 0 Å². The molecule has 7 heteroatoms. The van der Waals surface area contributed by atoms with Gasteiger partial charge in [0.2, 0.25) is 5.91 Å². The summed E-state index contributed by atoms with van der Waals surface area (Å²) in [6, 6.07) is 0.0217. The molecule has 2 aliphatic heterocycles. The van der Waals surface area contributed by atoms with Crippen LogP contribution in [0.15, 0.2) is 6.20 Å². The molecular formula is C16H25N5O2. The summed E-state index contributed by atoms with van der Waals surface area (Å²) in [7, 11) is 0.